The third-order valence-electron chi connectivity index (χ3n) is 2.67. The number of amides is 1. The summed E-state index contributed by atoms with van der Waals surface area (Å²) in [4.78, 5) is 40.5. The minimum Gasteiger partial charge on any atom is -0.442 e. The molecule has 1 aromatic rings. The molecule has 0 aliphatic rings. The first kappa shape index (κ1) is 17.4. The van der Waals surface area contributed by atoms with Crippen molar-refractivity contribution in [2.45, 2.75) is 39.2 Å². The summed E-state index contributed by atoms with van der Waals surface area (Å²) in [6.45, 7) is 6.54. The summed E-state index contributed by atoms with van der Waals surface area (Å²) in [6, 6.07) is 1.41. The smallest absolute Gasteiger partial charge is 0.434 e. The van der Waals surface area contributed by atoms with Gasteiger partial charge in [0.2, 0.25) is 0 Å². The molecule has 0 spiro atoms. The Morgan fingerprint density at radius 1 is 1.50 bits per heavy atom. The van der Waals surface area contributed by atoms with E-state index < -0.39 is 22.5 Å². The number of carbonyl (C=O) groups is 2. The minimum atomic E-state index is -0.918. The Hall–Kier alpha value is -2.64. The highest BCUT2D eigenvalue weighted by Gasteiger charge is 2.24. The van der Waals surface area contributed by atoms with E-state index in [0.29, 0.717) is 6.29 Å². The Bertz CT molecular complexity index is 619. The molecule has 1 amide bonds. The number of carbonyl (C=O) groups excluding carboxylic acids is 2. The molecule has 0 bridgehead atoms. The van der Waals surface area contributed by atoms with Gasteiger partial charge in [0.25, 0.3) is 5.69 Å². The van der Waals surface area contributed by atoms with E-state index in [1.165, 1.54) is 12.3 Å². The Balaban J connectivity index is 3.13. The standard InChI is InChI=1S/C14H17N3O5/c1-9(10-5-6-15-7-12(10)17(20)21)11(8-18)16-13(19)22-14(2,3)4/h5-9H,1-4H3. The van der Waals surface area contributed by atoms with Gasteiger partial charge in [0.05, 0.1) is 10.6 Å². The molecule has 8 heteroatoms. The van der Waals surface area contributed by atoms with Gasteiger partial charge in [0.1, 0.15) is 11.8 Å². The summed E-state index contributed by atoms with van der Waals surface area (Å²) in [5, 5.41) is 11.0. The molecular formula is C14H17N3O5. The van der Waals surface area contributed by atoms with Crippen LogP contribution in [0.3, 0.4) is 0 Å². The lowest BCUT2D eigenvalue weighted by atomic mass is 9.96. The lowest BCUT2D eigenvalue weighted by Gasteiger charge is -2.18. The number of aldehydes is 1. The quantitative estimate of drug-likeness (QED) is 0.366. The van der Waals surface area contributed by atoms with Gasteiger partial charge in [-0.2, -0.15) is 4.99 Å². The largest absolute Gasteiger partial charge is 0.442 e. The zero-order valence-corrected chi connectivity index (χ0v) is 12.8. The van der Waals surface area contributed by atoms with Crippen molar-refractivity contribution in [2.75, 3.05) is 0 Å². The summed E-state index contributed by atoms with van der Waals surface area (Å²) in [7, 11) is 0. The van der Waals surface area contributed by atoms with Crippen molar-refractivity contribution in [3.8, 4) is 0 Å². The van der Waals surface area contributed by atoms with Crippen molar-refractivity contribution >= 4 is 23.8 Å². The van der Waals surface area contributed by atoms with Crippen molar-refractivity contribution < 1.29 is 19.2 Å². The number of hydrogen-bond donors (Lipinski definition) is 0. The fraction of sp³-hybridized carbons (Fsp3) is 0.429. The fourth-order valence-electron chi connectivity index (χ4n) is 1.69. The highest BCUT2D eigenvalue weighted by Crippen LogP contribution is 2.26. The molecule has 0 saturated carbocycles. The van der Waals surface area contributed by atoms with Crippen molar-refractivity contribution in [3.63, 3.8) is 0 Å². The van der Waals surface area contributed by atoms with E-state index in [0.717, 1.165) is 6.20 Å². The summed E-state index contributed by atoms with van der Waals surface area (Å²) < 4.78 is 5.00. The van der Waals surface area contributed by atoms with Crippen LogP contribution in [0.25, 0.3) is 0 Å². The number of nitro groups is 1. The van der Waals surface area contributed by atoms with E-state index in [1.807, 2.05) is 0 Å². The van der Waals surface area contributed by atoms with Crippen molar-refractivity contribution in [1.82, 2.24) is 4.98 Å². The number of ether oxygens (including phenoxy) is 1. The highest BCUT2D eigenvalue weighted by atomic mass is 16.6. The molecule has 0 radical (unpaired) electrons. The summed E-state index contributed by atoms with van der Waals surface area (Å²) in [5.74, 6) is -0.742. The molecule has 0 aromatic carbocycles. The second-order valence-electron chi connectivity index (χ2n) is 5.55. The molecule has 1 aromatic heterocycles. The maximum atomic E-state index is 11.7. The number of aliphatic imine (C=N–C) groups is 1. The molecule has 0 saturated heterocycles. The van der Waals surface area contributed by atoms with Gasteiger partial charge in [-0.1, -0.05) is 6.92 Å². The van der Waals surface area contributed by atoms with Crippen LogP contribution in [0.2, 0.25) is 0 Å². The average Bonchev–Trinajstić information content (AvgIpc) is 2.42. The summed E-state index contributed by atoms with van der Waals surface area (Å²) in [5.41, 5.74) is -0.896. The van der Waals surface area contributed by atoms with Gasteiger partial charge >= 0.3 is 6.09 Å². The van der Waals surface area contributed by atoms with Crippen LogP contribution in [0.1, 0.15) is 39.2 Å². The fourth-order valence-corrected chi connectivity index (χ4v) is 1.69. The predicted octanol–water partition coefficient (Wildman–Crippen LogP) is 2.67. The number of hydrogen-bond acceptors (Lipinski definition) is 6. The van der Waals surface area contributed by atoms with Gasteiger partial charge in [-0.15, -0.1) is 0 Å². The molecule has 1 atom stereocenters. The third-order valence-corrected chi connectivity index (χ3v) is 2.67. The van der Waals surface area contributed by atoms with Crippen LogP contribution < -0.4 is 0 Å². The van der Waals surface area contributed by atoms with Gasteiger partial charge in [-0.05, 0) is 26.8 Å². The van der Waals surface area contributed by atoms with Gasteiger partial charge < -0.3 is 4.74 Å². The molecule has 1 heterocycles. The summed E-state index contributed by atoms with van der Waals surface area (Å²) in [6.07, 6.45) is 1.92. The number of nitrogens with zero attached hydrogens (tertiary/aromatic N) is 3. The van der Waals surface area contributed by atoms with E-state index in [1.54, 1.807) is 27.7 Å². The molecule has 0 aliphatic carbocycles. The van der Waals surface area contributed by atoms with Crippen LogP contribution in [-0.2, 0) is 9.53 Å². The molecule has 1 unspecified atom stereocenters. The van der Waals surface area contributed by atoms with Crippen LogP contribution >= 0.6 is 0 Å². The average molecular weight is 307 g/mol. The molecular weight excluding hydrogens is 290 g/mol. The highest BCUT2D eigenvalue weighted by molar-refractivity contribution is 6.32. The predicted molar refractivity (Wildman–Crippen MR) is 79.0 cm³/mol. The number of rotatable bonds is 4. The van der Waals surface area contributed by atoms with E-state index >= 15 is 0 Å². The van der Waals surface area contributed by atoms with Gasteiger partial charge in [0.15, 0.2) is 6.29 Å². The van der Waals surface area contributed by atoms with Crippen molar-refractivity contribution in [2.24, 2.45) is 4.99 Å². The molecule has 118 valence electrons. The van der Waals surface area contributed by atoms with Crippen LogP contribution in [0.5, 0.6) is 0 Å². The zero-order chi connectivity index (χ0) is 16.9. The normalized spacial score (nSPS) is 13.4. The third kappa shape index (κ3) is 4.72. The minimum absolute atomic E-state index is 0.149. The second-order valence-corrected chi connectivity index (χ2v) is 5.55. The first-order chi connectivity index (χ1) is 10.2. The van der Waals surface area contributed by atoms with Gasteiger partial charge in [0, 0.05) is 17.7 Å². The van der Waals surface area contributed by atoms with Gasteiger partial charge in [-0.25, -0.2) is 4.79 Å². The molecule has 22 heavy (non-hydrogen) atoms. The first-order valence-corrected chi connectivity index (χ1v) is 6.50. The Morgan fingerprint density at radius 3 is 2.64 bits per heavy atom. The molecule has 1 rings (SSSR count). The van der Waals surface area contributed by atoms with E-state index in [4.69, 9.17) is 4.74 Å². The van der Waals surface area contributed by atoms with Crippen molar-refractivity contribution in [1.29, 1.82) is 0 Å². The number of aromatic nitrogens is 1. The molecule has 8 nitrogen and oxygen atoms in total. The van der Waals surface area contributed by atoms with Crippen LogP contribution in [0.4, 0.5) is 10.5 Å². The molecule has 0 N–H and O–H groups in total. The Labute approximate surface area is 127 Å². The van der Waals surface area contributed by atoms with Crippen molar-refractivity contribution in [3.05, 3.63) is 34.1 Å². The Morgan fingerprint density at radius 2 is 2.14 bits per heavy atom. The maximum Gasteiger partial charge on any atom is 0.434 e. The van der Waals surface area contributed by atoms with E-state index in [2.05, 4.69) is 9.98 Å². The first-order valence-electron chi connectivity index (χ1n) is 6.50. The molecule has 0 aliphatic heterocycles. The Kier molecular flexibility index (Phi) is 5.44. The molecule has 0 fully saturated rings. The number of pyridine rings is 1. The SMILES string of the molecule is CC(C(C=O)=NC(=O)OC(C)(C)C)c1ccncc1[N+](=O)[O-]. The van der Waals surface area contributed by atoms with E-state index in [-0.39, 0.29) is 17.0 Å². The monoisotopic (exact) mass is 307 g/mol. The van der Waals surface area contributed by atoms with Crippen LogP contribution in [0.15, 0.2) is 23.5 Å². The lowest BCUT2D eigenvalue weighted by Crippen LogP contribution is -2.23. The summed E-state index contributed by atoms with van der Waals surface area (Å²) >= 11 is 0. The second kappa shape index (κ2) is 6.88. The zero-order valence-electron chi connectivity index (χ0n) is 12.8. The topological polar surface area (TPSA) is 112 Å². The van der Waals surface area contributed by atoms with Gasteiger partial charge in [-0.3, -0.25) is 19.9 Å². The van der Waals surface area contributed by atoms with E-state index in [9.17, 15) is 19.7 Å². The lowest BCUT2D eigenvalue weighted by molar-refractivity contribution is -0.385. The maximum absolute atomic E-state index is 11.7. The van der Waals surface area contributed by atoms with Crippen LogP contribution in [0, 0.1) is 10.1 Å². The van der Waals surface area contributed by atoms with Crippen LogP contribution in [-0.4, -0.2) is 33.6 Å².